The molecule has 0 bridgehead atoms. The van der Waals surface area contributed by atoms with Crippen molar-refractivity contribution in [2.24, 2.45) is 0 Å². The van der Waals surface area contributed by atoms with Gasteiger partial charge in [-0.3, -0.25) is 0 Å². The molecule has 1 heterocycles. The van der Waals surface area contributed by atoms with Gasteiger partial charge in [-0.1, -0.05) is 36.5 Å². The quantitative estimate of drug-likeness (QED) is 0.429. The van der Waals surface area contributed by atoms with Gasteiger partial charge >= 0.3 is 0 Å². The van der Waals surface area contributed by atoms with E-state index in [1.54, 1.807) is 30.3 Å². The number of hydrogen-bond donors (Lipinski definition) is 2. The van der Waals surface area contributed by atoms with E-state index in [4.69, 9.17) is 21.7 Å². The Morgan fingerprint density at radius 2 is 1.55 bits per heavy atom. The summed E-state index contributed by atoms with van der Waals surface area (Å²) in [5, 5.41) is 13.4. The number of methoxy groups -OCH3 is 1. The van der Waals surface area contributed by atoms with E-state index in [-0.39, 0.29) is 51.9 Å². The summed E-state index contributed by atoms with van der Waals surface area (Å²) in [6, 6.07) is 13.8. The molecule has 3 aromatic rings. The minimum Gasteiger partial charge on any atom is -0.503 e. The molecule has 0 spiro atoms. The van der Waals surface area contributed by atoms with Crippen molar-refractivity contribution < 1.29 is 23.4 Å². The molecule has 0 unspecified atom stereocenters. The predicted molar refractivity (Wildman–Crippen MR) is 127 cm³/mol. The summed E-state index contributed by atoms with van der Waals surface area (Å²) in [6.07, 6.45) is 1.20. The minimum atomic E-state index is -0.328. The van der Waals surface area contributed by atoms with Crippen molar-refractivity contribution in [3.8, 4) is 11.5 Å². The number of benzene rings is 2. The highest BCUT2D eigenvalue weighted by Gasteiger charge is 2.23. The molecule has 2 N–H and O–H groups in total. The fourth-order valence-electron chi connectivity index (χ4n) is 3.57. The summed E-state index contributed by atoms with van der Waals surface area (Å²) in [4.78, 5) is 4.39. The van der Waals surface area contributed by atoms with Crippen LogP contribution in [0.15, 0.2) is 60.8 Å². The average Bonchev–Trinajstić information content (AvgIpc) is 2.80. The zero-order valence-electron chi connectivity index (χ0n) is 18.6. The van der Waals surface area contributed by atoms with Gasteiger partial charge in [0.15, 0.2) is 11.5 Å². The van der Waals surface area contributed by atoms with Crippen molar-refractivity contribution in [1.29, 1.82) is 0 Å². The molecule has 3 rings (SSSR count). The number of halogens is 2. The van der Waals surface area contributed by atoms with Gasteiger partial charge in [0.25, 0.3) is 0 Å². The molecule has 0 aliphatic carbocycles. The molecule has 1 aromatic heterocycles. The highest BCUT2D eigenvalue weighted by Crippen LogP contribution is 2.31. The molecule has 0 radical (unpaired) electrons. The topological polar surface area (TPSA) is 63.6 Å². The Kier molecular flexibility index (Phi) is 8.30. The highest BCUT2D eigenvalue weighted by molar-refractivity contribution is 7.80. The first-order valence-corrected chi connectivity index (χ1v) is 10.9. The Morgan fingerprint density at radius 3 is 2.06 bits per heavy atom. The van der Waals surface area contributed by atoms with Crippen LogP contribution in [0.1, 0.15) is 36.6 Å². The average molecular weight is 473 g/mol. The summed E-state index contributed by atoms with van der Waals surface area (Å²) in [7, 11) is 1.45. The van der Waals surface area contributed by atoms with Crippen LogP contribution in [0.2, 0.25) is 0 Å². The van der Waals surface area contributed by atoms with Crippen LogP contribution in [0.5, 0.6) is 11.5 Å². The smallest absolute Gasteiger partial charge is 0.187 e. The normalized spacial score (nSPS) is 12.9. The van der Waals surface area contributed by atoms with Crippen LogP contribution in [0.25, 0.3) is 0 Å². The number of nitrogens with zero attached hydrogens (tertiary/aromatic N) is 1. The monoisotopic (exact) mass is 472 g/mol. The maximum Gasteiger partial charge on any atom is 0.187 e. The highest BCUT2D eigenvalue weighted by atomic mass is 32.1. The third kappa shape index (κ3) is 6.24. The fourth-order valence-corrected chi connectivity index (χ4v) is 3.92. The third-order valence-corrected chi connectivity index (χ3v) is 5.55. The second-order valence-corrected chi connectivity index (χ2v) is 8.11. The fraction of sp³-hybridized carbons (Fsp3) is 0.280. The van der Waals surface area contributed by atoms with Crippen molar-refractivity contribution in [3.63, 3.8) is 0 Å². The maximum atomic E-state index is 13.5. The van der Waals surface area contributed by atoms with Crippen LogP contribution in [-0.2, 0) is 4.74 Å². The van der Waals surface area contributed by atoms with Gasteiger partial charge < -0.3 is 19.9 Å². The van der Waals surface area contributed by atoms with Crippen LogP contribution in [0.4, 0.5) is 8.78 Å². The summed E-state index contributed by atoms with van der Waals surface area (Å²) >= 11 is 5.39. The zero-order valence-corrected chi connectivity index (χ0v) is 19.4. The molecular weight excluding hydrogens is 446 g/mol. The predicted octanol–water partition coefficient (Wildman–Crippen LogP) is 4.96. The van der Waals surface area contributed by atoms with Crippen molar-refractivity contribution in [2.45, 2.75) is 31.9 Å². The van der Waals surface area contributed by atoms with E-state index in [0.717, 1.165) is 11.1 Å². The summed E-state index contributed by atoms with van der Waals surface area (Å²) in [6.45, 7) is 4.10. The van der Waals surface area contributed by atoms with Crippen LogP contribution >= 0.6 is 12.2 Å². The van der Waals surface area contributed by atoms with Crippen molar-refractivity contribution >= 4 is 17.2 Å². The van der Waals surface area contributed by atoms with Gasteiger partial charge in [0.2, 0.25) is 0 Å². The van der Waals surface area contributed by atoms with Gasteiger partial charge in [-0.25, -0.2) is 13.8 Å². The molecule has 0 aliphatic rings. The Bertz CT molecular complexity index is 1030. The van der Waals surface area contributed by atoms with E-state index in [9.17, 15) is 13.9 Å². The third-order valence-electron chi connectivity index (χ3n) is 5.24. The number of aromatic hydroxyl groups is 1. The lowest BCUT2D eigenvalue weighted by atomic mass is 9.87. The number of ether oxygens (including phenoxy) is 2. The lowest BCUT2D eigenvalue weighted by molar-refractivity contribution is 0.0457. The lowest BCUT2D eigenvalue weighted by Gasteiger charge is -2.27. The number of hydrogen-bond acceptors (Lipinski definition) is 5. The van der Waals surface area contributed by atoms with Crippen LogP contribution < -0.4 is 10.1 Å². The summed E-state index contributed by atoms with van der Waals surface area (Å²) in [5.74, 6) is -0.735. The molecule has 5 nitrogen and oxygen atoms in total. The summed E-state index contributed by atoms with van der Waals surface area (Å²) < 4.78 is 38.2. The van der Waals surface area contributed by atoms with E-state index >= 15 is 0 Å². The number of thiocarbonyl (C=S) groups is 1. The first-order valence-electron chi connectivity index (χ1n) is 10.5. The zero-order chi connectivity index (χ0) is 24.0. The maximum absolute atomic E-state index is 13.5. The molecule has 0 fully saturated rings. The van der Waals surface area contributed by atoms with Crippen LogP contribution in [-0.4, -0.2) is 40.9 Å². The first kappa shape index (κ1) is 24.5. The van der Waals surface area contributed by atoms with Gasteiger partial charge in [-0.15, -0.1) is 0 Å². The van der Waals surface area contributed by atoms with Crippen molar-refractivity contribution in [3.05, 3.63) is 89.2 Å². The Balaban J connectivity index is 1.69. The molecule has 33 heavy (non-hydrogen) atoms. The van der Waals surface area contributed by atoms with Gasteiger partial charge in [0.05, 0.1) is 19.8 Å². The molecule has 2 aromatic carbocycles. The van der Waals surface area contributed by atoms with E-state index in [1.807, 2.05) is 13.8 Å². The Hall–Kier alpha value is -3.10. The largest absolute Gasteiger partial charge is 0.503 e. The number of rotatable bonds is 9. The van der Waals surface area contributed by atoms with Crippen LogP contribution in [0.3, 0.4) is 0 Å². The molecular formula is C25H26F2N2O3S. The SMILES string of the molecule is COc1ccnc(C(=S)N[C@@H](C)CO[C@H](C)C(c2ccc(F)cc2)c2ccc(F)cc2)c1O. The van der Waals surface area contributed by atoms with E-state index in [1.165, 1.54) is 37.6 Å². The molecule has 0 aliphatic heterocycles. The van der Waals surface area contributed by atoms with Crippen molar-refractivity contribution in [2.75, 3.05) is 13.7 Å². The number of nitrogens with one attached hydrogen (secondary N) is 1. The molecule has 0 amide bonds. The van der Waals surface area contributed by atoms with Gasteiger partial charge in [0.1, 0.15) is 22.3 Å². The van der Waals surface area contributed by atoms with E-state index in [2.05, 4.69) is 10.3 Å². The van der Waals surface area contributed by atoms with Gasteiger partial charge in [-0.2, -0.15) is 0 Å². The second kappa shape index (κ2) is 11.2. The molecule has 0 saturated heterocycles. The van der Waals surface area contributed by atoms with Gasteiger partial charge in [0, 0.05) is 24.2 Å². The first-order chi connectivity index (χ1) is 15.8. The Morgan fingerprint density at radius 1 is 1.00 bits per heavy atom. The second-order valence-electron chi connectivity index (χ2n) is 7.70. The van der Waals surface area contributed by atoms with Crippen LogP contribution in [0, 0.1) is 11.6 Å². The standard InChI is InChI=1S/C25H26F2N2O3S/c1-15(29-25(33)23-24(30)21(31-3)12-13-28-23)14-32-16(2)22(17-4-8-19(26)9-5-17)18-6-10-20(27)11-7-18/h4-13,15-16,22,30H,14H2,1-3H3,(H,29,33)/t15-,16+/m0/s1. The molecule has 174 valence electrons. The molecule has 2 atom stereocenters. The lowest BCUT2D eigenvalue weighted by Crippen LogP contribution is -2.37. The number of aromatic nitrogens is 1. The Labute approximate surface area is 197 Å². The van der Waals surface area contributed by atoms with E-state index in [0.29, 0.717) is 6.61 Å². The van der Waals surface area contributed by atoms with Gasteiger partial charge in [-0.05, 0) is 49.2 Å². The molecule has 0 saturated carbocycles. The summed E-state index contributed by atoms with van der Waals surface area (Å²) in [5.41, 5.74) is 1.94. The van der Waals surface area contributed by atoms with Crippen molar-refractivity contribution in [1.82, 2.24) is 10.3 Å². The number of pyridine rings is 1. The van der Waals surface area contributed by atoms with E-state index < -0.39 is 0 Å². The minimum absolute atomic E-state index is 0.133. The molecule has 8 heteroatoms.